The van der Waals surface area contributed by atoms with E-state index >= 15 is 0 Å². The molecule has 0 radical (unpaired) electrons. The molecule has 0 aromatic heterocycles. The second-order valence-corrected chi connectivity index (χ2v) is 6.71. The molecule has 0 bridgehead atoms. The summed E-state index contributed by atoms with van der Waals surface area (Å²) in [6, 6.07) is 0.729. The molecule has 0 heterocycles. The zero-order valence-corrected chi connectivity index (χ0v) is 11.5. The lowest BCUT2D eigenvalue weighted by atomic mass is 9.80. The maximum Gasteiger partial charge on any atom is 0.0543 e. The summed E-state index contributed by atoms with van der Waals surface area (Å²) in [5.74, 6) is 2.48. The highest BCUT2D eigenvalue weighted by molar-refractivity contribution is 4.81. The molecule has 100 valence electrons. The monoisotopic (exact) mass is 239 g/mol. The lowest BCUT2D eigenvalue weighted by Crippen LogP contribution is -2.40. The van der Waals surface area contributed by atoms with Gasteiger partial charge in [0, 0.05) is 6.04 Å². The average molecular weight is 239 g/mol. The summed E-state index contributed by atoms with van der Waals surface area (Å²) in [5.41, 5.74) is 0. The summed E-state index contributed by atoms with van der Waals surface area (Å²) >= 11 is 0. The van der Waals surface area contributed by atoms with E-state index in [0.717, 1.165) is 37.3 Å². The Morgan fingerprint density at radius 2 is 1.71 bits per heavy atom. The largest absolute Gasteiger partial charge is 0.393 e. The van der Waals surface area contributed by atoms with E-state index in [4.69, 9.17) is 0 Å². The molecule has 0 amide bonds. The van der Waals surface area contributed by atoms with Crippen LogP contribution in [0.2, 0.25) is 0 Å². The SMILES string of the molecule is CC1CC(C)CC(NCC2CCCC(O)C2)C1. The summed E-state index contributed by atoms with van der Waals surface area (Å²) < 4.78 is 0. The van der Waals surface area contributed by atoms with Crippen LogP contribution in [-0.2, 0) is 0 Å². The van der Waals surface area contributed by atoms with E-state index in [0.29, 0.717) is 5.92 Å². The molecular formula is C15H29NO. The van der Waals surface area contributed by atoms with Gasteiger partial charge in [-0.15, -0.1) is 0 Å². The zero-order valence-electron chi connectivity index (χ0n) is 11.5. The first-order valence-electron chi connectivity index (χ1n) is 7.55. The molecule has 2 aliphatic carbocycles. The van der Waals surface area contributed by atoms with Gasteiger partial charge in [-0.3, -0.25) is 0 Å². The number of aliphatic hydroxyl groups is 1. The van der Waals surface area contributed by atoms with E-state index in [1.807, 2.05) is 0 Å². The van der Waals surface area contributed by atoms with Gasteiger partial charge >= 0.3 is 0 Å². The highest BCUT2D eigenvalue weighted by Gasteiger charge is 2.25. The first-order chi connectivity index (χ1) is 8.13. The van der Waals surface area contributed by atoms with Crippen LogP contribution in [0.3, 0.4) is 0 Å². The van der Waals surface area contributed by atoms with Crippen LogP contribution in [-0.4, -0.2) is 23.8 Å². The van der Waals surface area contributed by atoms with E-state index in [1.165, 1.54) is 32.1 Å². The van der Waals surface area contributed by atoms with Crippen molar-refractivity contribution in [1.82, 2.24) is 5.32 Å². The van der Waals surface area contributed by atoms with E-state index in [9.17, 15) is 5.11 Å². The Balaban J connectivity index is 1.70. The van der Waals surface area contributed by atoms with Crippen LogP contribution in [0.25, 0.3) is 0 Å². The zero-order chi connectivity index (χ0) is 12.3. The van der Waals surface area contributed by atoms with Crippen molar-refractivity contribution in [2.45, 2.75) is 70.9 Å². The highest BCUT2D eigenvalue weighted by atomic mass is 16.3. The molecule has 17 heavy (non-hydrogen) atoms. The van der Waals surface area contributed by atoms with Gasteiger partial charge in [0.15, 0.2) is 0 Å². The number of hydrogen-bond donors (Lipinski definition) is 2. The van der Waals surface area contributed by atoms with Crippen molar-refractivity contribution in [3.05, 3.63) is 0 Å². The molecule has 0 aromatic carbocycles. The van der Waals surface area contributed by atoms with E-state index in [2.05, 4.69) is 19.2 Å². The van der Waals surface area contributed by atoms with Crippen molar-refractivity contribution < 1.29 is 5.11 Å². The second-order valence-electron chi connectivity index (χ2n) is 6.71. The van der Waals surface area contributed by atoms with Gasteiger partial charge < -0.3 is 10.4 Å². The predicted molar refractivity (Wildman–Crippen MR) is 71.9 cm³/mol. The molecule has 2 fully saturated rings. The Bertz CT molecular complexity index is 221. The van der Waals surface area contributed by atoms with Crippen molar-refractivity contribution >= 4 is 0 Å². The quantitative estimate of drug-likeness (QED) is 0.793. The highest BCUT2D eigenvalue weighted by Crippen LogP contribution is 2.29. The number of rotatable bonds is 3. The molecule has 0 aromatic rings. The molecule has 2 heteroatoms. The fourth-order valence-corrected chi connectivity index (χ4v) is 3.89. The fourth-order valence-electron chi connectivity index (χ4n) is 3.89. The molecule has 2 aliphatic rings. The van der Waals surface area contributed by atoms with Crippen molar-refractivity contribution in [1.29, 1.82) is 0 Å². The van der Waals surface area contributed by atoms with E-state index < -0.39 is 0 Å². The number of hydrogen-bond acceptors (Lipinski definition) is 2. The van der Waals surface area contributed by atoms with Crippen LogP contribution in [0.1, 0.15) is 58.8 Å². The molecule has 0 aliphatic heterocycles. The minimum atomic E-state index is -0.0280. The van der Waals surface area contributed by atoms with Crippen molar-refractivity contribution in [3.63, 3.8) is 0 Å². The second kappa shape index (κ2) is 6.19. The first kappa shape index (κ1) is 13.4. The molecule has 4 atom stereocenters. The van der Waals surface area contributed by atoms with Gasteiger partial charge in [-0.1, -0.05) is 20.3 Å². The molecule has 0 saturated heterocycles. The van der Waals surface area contributed by atoms with E-state index in [1.54, 1.807) is 0 Å². The van der Waals surface area contributed by atoms with Gasteiger partial charge in [-0.25, -0.2) is 0 Å². The maximum atomic E-state index is 9.67. The summed E-state index contributed by atoms with van der Waals surface area (Å²) in [6.07, 6.45) is 8.63. The minimum Gasteiger partial charge on any atom is -0.393 e. The van der Waals surface area contributed by atoms with Gasteiger partial charge in [-0.2, -0.15) is 0 Å². The third-order valence-electron chi connectivity index (χ3n) is 4.63. The van der Waals surface area contributed by atoms with Crippen LogP contribution < -0.4 is 5.32 Å². The predicted octanol–water partition coefficient (Wildman–Crippen LogP) is 2.95. The third-order valence-corrected chi connectivity index (χ3v) is 4.63. The van der Waals surface area contributed by atoms with Crippen LogP contribution in [0.15, 0.2) is 0 Å². The molecule has 2 N–H and O–H groups in total. The smallest absolute Gasteiger partial charge is 0.0543 e. The Morgan fingerprint density at radius 1 is 1.00 bits per heavy atom. The van der Waals surface area contributed by atoms with Gasteiger partial charge in [0.05, 0.1) is 6.10 Å². The Hall–Kier alpha value is -0.0800. The van der Waals surface area contributed by atoms with Crippen molar-refractivity contribution in [2.75, 3.05) is 6.54 Å². The molecular weight excluding hydrogens is 210 g/mol. The molecule has 2 saturated carbocycles. The Kier molecular flexibility index (Phi) is 4.87. The summed E-state index contributed by atoms with van der Waals surface area (Å²) in [5, 5.41) is 13.4. The lowest BCUT2D eigenvalue weighted by Gasteiger charge is -2.34. The fraction of sp³-hybridized carbons (Fsp3) is 1.00. The van der Waals surface area contributed by atoms with Crippen LogP contribution in [0.4, 0.5) is 0 Å². The van der Waals surface area contributed by atoms with Gasteiger partial charge in [0.25, 0.3) is 0 Å². The summed E-state index contributed by atoms with van der Waals surface area (Å²) in [6.45, 7) is 5.89. The van der Waals surface area contributed by atoms with Gasteiger partial charge in [0.1, 0.15) is 0 Å². The number of aliphatic hydroxyl groups excluding tert-OH is 1. The van der Waals surface area contributed by atoms with Crippen LogP contribution >= 0.6 is 0 Å². The van der Waals surface area contributed by atoms with Crippen LogP contribution in [0.5, 0.6) is 0 Å². The summed E-state index contributed by atoms with van der Waals surface area (Å²) in [4.78, 5) is 0. The van der Waals surface area contributed by atoms with Crippen molar-refractivity contribution in [2.24, 2.45) is 17.8 Å². The normalized spacial score (nSPS) is 43.6. The average Bonchev–Trinajstić information content (AvgIpc) is 2.25. The lowest BCUT2D eigenvalue weighted by molar-refractivity contribution is 0.0976. The molecule has 4 unspecified atom stereocenters. The maximum absolute atomic E-state index is 9.67. The molecule has 0 spiro atoms. The topological polar surface area (TPSA) is 32.3 Å². The van der Waals surface area contributed by atoms with Gasteiger partial charge in [-0.05, 0) is 62.8 Å². The van der Waals surface area contributed by atoms with Crippen molar-refractivity contribution in [3.8, 4) is 0 Å². The molecule has 2 nitrogen and oxygen atoms in total. The first-order valence-corrected chi connectivity index (χ1v) is 7.55. The Morgan fingerprint density at radius 3 is 2.35 bits per heavy atom. The van der Waals surface area contributed by atoms with Crippen LogP contribution in [0, 0.1) is 17.8 Å². The van der Waals surface area contributed by atoms with E-state index in [-0.39, 0.29) is 6.10 Å². The van der Waals surface area contributed by atoms with Gasteiger partial charge in [0.2, 0.25) is 0 Å². The Labute approximate surface area is 106 Å². The third kappa shape index (κ3) is 4.26. The summed E-state index contributed by atoms with van der Waals surface area (Å²) in [7, 11) is 0. The minimum absolute atomic E-state index is 0.0280. The number of nitrogens with one attached hydrogen (secondary N) is 1. The molecule has 2 rings (SSSR count). The standard InChI is InChI=1S/C15H29NO/c1-11-6-12(2)8-14(7-11)16-10-13-4-3-5-15(17)9-13/h11-17H,3-10H2,1-2H3.